The number of H-pyrrole nitrogens is 1. The molecule has 1 saturated carbocycles. The minimum absolute atomic E-state index is 0.549. The Morgan fingerprint density at radius 1 is 1.08 bits per heavy atom. The zero-order valence-electron chi connectivity index (χ0n) is 21.6. The minimum atomic E-state index is 0.549. The number of allylic oxidation sites excluding steroid dienone is 1. The van der Waals surface area contributed by atoms with Crippen LogP contribution in [0.5, 0.6) is 0 Å². The predicted octanol–water partition coefficient (Wildman–Crippen LogP) is 7.89. The second-order valence-electron chi connectivity index (χ2n) is 9.96. The van der Waals surface area contributed by atoms with E-state index in [0.29, 0.717) is 12.3 Å². The van der Waals surface area contributed by atoms with E-state index < -0.39 is 0 Å². The van der Waals surface area contributed by atoms with Crippen LogP contribution in [0.1, 0.15) is 43.5 Å². The van der Waals surface area contributed by atoms with Gasteiger partial charge in [0.2, 0.25) is 0 Å². The number of aromatic amines is 1. The third-order valence-corrected chi connectivity index (χ3v) is 8.34. The summed E-state index contributed by atoms with van der Waals surface area (Å²) < 4.78 is 0. The lowest BCUT2D eigenvalue weighted by Gasteiger charge is -2.24. The molecule has 1 aliphatic rings. The first-order valence-electron chi connectivity index (χ1n) is 13.3. The molecule has 1 fully saturated rings. The molecule has 0 bridgehead atoms. The van der Waals surface area contributed by atoms with E-state index in [9.17, 15) is 0 Å². The number of aromatic nitrogens is 4. The van der Waals surface area contributed by atoms with Crippen LogP contribution in [-0.4, -0.2) is 27.0 Å². The lowest BCUT2D eigenvalue weighted by molar-refractivity contribution is 0.405. The highest BCUT2D eigenvalue weighted by molar-refractivity contribution is 7.13. The summed E-state index contributed by atoms with van der Waals surface area (Å²) in [7, 11) is 1.95. The molecule has 7 heteroatoms. The highest BCUT2D eigenvalue weighted by Crippen LogP contribution is 2.33. The Balaban J connectivity index is 1.27. The molecule has 1 aliphatic carbocycles. The maximum atomic E-state index is 4.83. The summed E-state index contributed by atoms with van der Waals surface area (Å²) in [4.78, 5) is 18.6. The van der Waals surface area contributed by atoms with Crippen LogP contribution in [0.4, 0.5) is 11.4 Å². The van der Waals surface area contributed by atoms with Crippen molar-refractivity contribution in [3.05, 3.63) is 90.1 Å². The molecule has 4 aromatic heterocycles. The van der Waals surface area contributed by atoms with Crippen LogP contribution in [0.25, 0.3) is 32.7 Å². The number of hydrogen-bond acceptors (Lipinski definition) is 6. The summed E-state index contributed by atoms with van der Waals surface area (Å²) in [6, 6.07) is 14.9. The maximum Gasteiger partial charge on any atom is 0.178 e. The fourth-order valence-corrected chi connectivity index (χ4v) is 6.19. The van der Waals surface area contributed by atoms with Gasteiger partial charge in [-0.3, -0.25) is 4.98 Å². The van der Waals surface area contributed by atoms with E-state index in [-0.39, 0.29) is 0 Å². The highest BCUT2D eigenvalue weighted by Gasteiger charge is 2.17. The quantitative estimate of drug-likeness (QED) is 0.194. The number of rotatable bonds is 8. The van der Waals surface area contributed by atoms with Gasteiger partial charge in [0.25, 0.3) is 0 Å². The van der Waals surface area contributed by atoms with Crippen molar-refractivity contribution in [1.82, 2.24) is 19.9 Å². The van der Waals surface area contributed by atoms with Gasteiger partial charge >= 0.3 is 0 Å². The van der Waals surface area contributed by atoms with E-state index in [4.69, 9.17) is 4.98 Å². The average Bonchev–Trinajstić information content (AvgIpc) is 3.64. The van der Waals surface area contributed by atoms with Gasteiger partial charge in [0, 0.05) is 53.3 Å². The highest BCUT2D eigenvalue weighted by atomic mass is 32.1. The van der Waals surface area contributed by atoms with Crippen LogP contribution < -0.4 is 10.6 Å². The Hall–Kier alpha value is -3.97. The molecule has 3 N–H and O–H groups in total. The van der Waals surface area contributed by atoms with Crippen LogP contribution in [0, 0.1) is 5.92 Å². The van der Waals surface area contributed by atoms with Crippen molar-refractivity contribution in [2.45, 2.75) is 38.5 Å². The fourth-order valence-electron chi connectivity index (χ4n) is 5.43. The Morgan fingerprint density at radius 3 is 2.79 bits per heavy atom. The number of imidazole rings is 1. The van der Waals surface area contributed by atoms with Crippen molar-refractivity contribution in [1.29, 1.82) is 0 Å². The zero-order chi connectivity index (χ0) is 25.9. The lowest BCUT2D eigenvalue weighted by atomic mass is 9.87. The first-order valence-corrected chi connectivity index (χ1v) is 14.2. The van der Waals surface area contributed by atoms with E-state index in [1.165, 1.54) is 37.0 Å². The van der Waals surface area contributed by atoms with Gasteiger partial charge in [0.15, 0.2) is 5.65 Å². The van der Waals surface area contributed by atoms with Gasteiger partial charge in [-0.1, -0.05) is 38.0 Å². The van der Waals surface area contributed by atoms with Gasteiger partial charge < -0.3 is 15.6 Å². The van der Waals surface area contributed by atoms with Crippen molar-refractivity contribution in [3.63, 3.8) is 0 Å². The molecular weight excluding hydrogens is 488 g/mol. The molecule has 0 radical (unpaired) electrons. The third kappa shape index (κ3) is 5.07. The number of anilines is 2. The summed E-state index contributed by atoms with van der Waals surface area (Å²) in [5, 5.41) is 8.97. The van der Waals surface area contributed by atoms with Crippen molar-refractivity contribution in [2.24, 2.45) is 5.92 Å². The first-order chi connectivity index (χ1) is 18.7. The molecule has 0 spiro atoms. The van der Waals surface area contributed by atoms with E-state index in [2.05, 4.69) is 73.9 Å². The van der Waals surface area contributed by atoms with Gasteiger partial charge in [0.1, 0.15) is 5.82 Å². The molecule has 4 heterocycles. The second kappa shape index (κ2) is 10.8. The Kier molecular flexibility index (Phi) is 6.92. The molecule has 0 unspecified atom stereocenters. The van der Waals surface area contributed by atoms with Gasteiger partial charge in [0.05, 0.1) is 17.4 Å². The molecular formula is C31H32N6S. The molecule has 1 aromatic carbocycles. The van der Waals surface area contributed by atoms with Crippen LogP contribution in [0.15, 0.2) is 78.7 Å². The predicted molar refractivity (Wildman–Crippen MR) is 159 cm³/mol. The second-order valence-corrected chi connectivity index (χ2v) is 10.9. The van der Waals surface area contributed by atoms with E-state index in [1.54, 1.807) is 11.3 Å². The third-order valence-electron chi connectivity index (χ3n) is 7.43. The van der Waals surface area contributed by atoms with Crippen LogP contribution >= 0.6 is 11.3 Å². The summed E-state index contributed by atoms with van der Waals surface area (Å²) in [5.41, 5.74) is 9.38. The van der Waals surface area contributed by atoms with Crippen LogP contribution in [0.2, 0.25) is 0 Å². The van der Waals surface area contributed by atoms with Crippen LogP contribution in [0.3, 0.4) is 0 Å². The number of benzene rings is 1. The largest absolute Gasteiger partial charge is 0.388 e. The SMILES string of the molecule is C=C(Nc1cncc(-c2ccc(NC)c(Cc3nc4nccc(-c5cccs5)c4[nH]3)c2)c1)C1CCCCC1. The molecule has 0 aliphatic heterocycles. The summed E-state index contributed by atoms with van der Waals surface area (Å²) in [6.07, 6.45) is 12.7. The summed E-state index contributed by atoms with van der Waals surface area (Å²) in [6.45, 7) is 4.34. The molecule has 0 amide bonds. The van der Waals surface area contributed by atoms with Crippen LogP contribution in [-0.2, 0) is 6.42 Å². The van der Waals surface area contributed by atoms with Gasteiger partial charge in [-0.25, -0.2) is 9.97 Å². The van der Waals surface area contributed by atoms with Gasteiger partial charge in [-0.05, 0) is 65.6 Å². The van der Waals surface area contributed by atoms with E-state index >= 15 is 0 Å². The number of nitrogens with one attached hydrogen (secondary N) is 3. The van der Waals surface area contributed by atoms with Gasteiger partial charge in [-0.2, -0.15) is 0 Å². The standard InChI is InChI=1S/C31H32N6S/c1-20(21-7-4-3-5-8-21)35-25-16-24(18-33-19-25)22-10-11-27(32-2)23(15-22)17-29-36-30-26(28-9-6-14-38-28)12-13-34-31(30)37-29/h6,9-16,18-19,21,32,35H,1,3-5,7-8,17H2,2H3,(H,34,36,37). The monoisotopic (exact) mass is 520 g/mol. The first kappa shape index (κ1) is 24.4. The molecule has 0 atom stereocenters. The molecule has 192 valence electrons. The lowest BCUT2D eigenvalue weighted by Crippen LogP contribution is -2.14. The average molecular weight is 521 g/mol. The Labute approximate surface area is 227 Å². The van der Waals surface area contributed by atoms with Gasteiger partial charge in [-0.15, -0.1) is 11.3 Å². The molecule has 6 rings (SSSR count). The van der Waals surface area contributed by atoms with E-state index in [1.807, 2.05) is 31.7 Å². The Morgan fingerprint density at radius 2 is 1.97 bits per heavy atom. The summed E-state index contributed by atoms with van der Waals surface area (Å²) >= 11 is 1.72. The Bertz CT molecular complexity index is 1560. The maximum absolute atomic E-state index is 4.83. The number of pyridine rings is 2. The van der Waals surface area contributed by atoms with Crippen molar-refractivity contribution >= 4 is 33.9 Å². The number of hydrogen-bond donors (Lipinski definition) is 3. The smallest absolute Gasteiger partial charge is 0.178 e. The molecule has 6 nitrogen and oxygen atoms in total. The van der Waals surface area contributed by atoms with Crippen molar-refractivity contribution in [3.8, 4) is 21.6 Å². The summed E-state index contributed by atoms with van der Waals surface area (Å²) in [5.74, 6) is 1.44. The fraction of sp³-hybridized carbons (Fsp3) is 0.258. The van der Waals surface area contributed by atoms with Crippen molar-refractivity contribution in [2.75, 3.05) is 17.7 Å². The number of thiophene rings is 1. The zero-order valence-corrected chi connectivity index (χ0v) is 22.4. The minimum Gasteiger partial charge on any atom is -0.388 e. The van der Waals surface area contributed by atoms with E-state index in [0.717, 1.165) is 56.3 Å². The molecule has 38 heavy (non-hydrogen) atoms. The number of nitrogens with zero attached hydrogens (tertiary/aromatic N) is 3. The number of fused-ring (bicyclic) bond motifs is 1. The normalized spacial score (nSPS) is 14.0. The van der Waals surface area contributed by atoms with Crippen molar-refractivity contribution < 1.29 is 0 Å². The molecule has 5 aromatic rings. The molecule has 0 saturated heterocycles. The topological polar surface area (TPSA) is 78.5 Å².